The zero-order valence-electron chi connectivity index (χ0n) is 5.97. The second kappa shape index (κ2) is 3.31. The van der Waals surface area contributed by atoms with Crippen LogP contribution in [-0.4, -0.2) is 7.56 Å². The van der Waals surface area contributed by atoms with Gasteiger partial charge in [0.1, 0.15) is 0 Å². The van der Waals surface area contributed by atoms with E-state index in [1.807, 2.05) is 0 Å². The number of benzene rings is 1. The van der Waals surface area contributed by atoms with Crippen molar-refractivity contribution in [2.24, 2.45) is 0 Å². The van der Waals surface area contributed by atoms with E-state index < -0.39 is 42.1 Å². The Morgan fingerprint density at radius 1 is 0.615 bits per heavy atom. The highest BCUT2D eigenvalue weighted by molar-refractivity contribution is 6.46. The van der Waals surface area contributed by atoms with Crippen LogP contribution < -0.4 is 5.46 Å². The molecule has 0 saturated carbocycles. The minimum atomic E-state index is -2.28. The summed E-state index contributed by atoms with van der Waals surface area (Å²) in [4.78, 5) is 0. The van der Waals surface area contributed by atoms with Crippen LogP contribution in [0.15, 0.2) is 0 Å². The molecule has 0 aliphatic heterocycles. The van der Waals surface area contributed by atoms with E-state index in [-0.39, 0.29) is 0 Å². The predicted molar refractivity (Wildman–Crippen MR) is 34.1 cm³/mol. The standard InChI is InChI=1S/C6HBF6/c8-2-1(7-13)3(9)5(11)6(12)4(2)10/h7H. The molecule has 0 aromatic heterocycles. The summed E-state index contributed by atoms with van der Waals surface area (Å²) in [6.45, 7) is 0. The summed E-state index contributed by atoms with van der Waals surface area (Å²) >= 11 is 0. The van der Waals surface area contributed by atoms with Gasteiger partial charge >= 0.3 is 7.56 Å². The van der Waals surface area contributed by atoms with Gasteiger partial charge in [0.15, 0.2) is 29.1 Å². The first-order valence-electron chi connectivity index (χ1n) is 3.07. The van der Waals surface area contributed by atoms with Crippen LogP contribution in [0.1, 0.15) is 0 Å². The van der Waals surface area contributed by atoms with Crippen LogP contribution in [0.25, 0.3) is 0 Å². The molecule has 1 aromatic carbocycles. The van der Waals surface area contributed by atoms with Crippen molar-refractivity contribution in [3.05, 3.63) is 29.1 Å². The molecule has 0 aliphatic carbocycles. The van der Waals surface area contributed by atoms with Crippen LogP contribution >= 0.6 is 0 Å². The van der Waals surface area contributed by atoms with E-state index in [1.165, 1.54) is 0 Å². The molecule has 0 heterocycles. The SMILES string of the molecule is FBc1c(F)c(F)c(F)c(F)c1F. The number of halogens is 6. The van der Waals surface area contributed by atoms with Crippen molar-refractivity contribution in [2.75, 3.05) is 0 Å². The molecule has 0 bridgehead atoms. The molecule has 0 aliphatic rings. The van der Waals surface area contributed by atoms with E-state index in [0.717, 1.165) is 0 Å². The number of rotatable bonds is 1. The third kappa shape index (κ3) is 1.38. The molecule has 0 radical (unpaired) electrons. The Bertz CT molecular complexity index is 320. The molecule has 0 fully saturated rings. The first-order chi connectivity index (χ1) is 6.00. The lowest BCUT2D eigenvalue weighted by atomic mass is 9.89. The fourth-order valence-electron chi connectivity index (χ4n) is 0.768. The third-order valence-corrected chi connectivity index (χ3v) is 1.43. The van der Waals surface area contributed by atoms with Crippen molar-refractivity contribution in [3.63, 3.8) is 0 Å². The van der Waals surface area contributed by atoms with Crippen LogP contribution in [0.4, 0.5) is 26.3 Å². The topological polar surface area (TPSA) is 0 Å². The molecule has 13 heavy (non-hydrogen) atoms. The van der Waals surface area contributed by atoms with Crippen LogP contribution in [0, 0.1) is 29.1 Å². The molecule has 0 nitrogen and oxygen atoms in total. The highest BCUT2D eigenvalue weighted by atomic mass is 19.2. The van der Waals surface area contributed by atoms with E-state index >= 15 is 0 Å². The Morgan fingerprint density at radius 2 is 0.923 bits per heavy atom. The molecule has 70 valence electrons. The van der Waals surface area contributed by atoms with Gasteiger partial charge in [-0.25, -0.2) is 22.0 Å². The van der Waals surface area contributed by atoms with Gasteiger partial charge in [-0.05, 0) is 0 Å². The van der Waals surface area contributed by atoms with Crippen molar-refractivity contribution in [2.45, 2.75) is 0 Å². The minimum absolute atomic E-state index is 1.45. The number of hydrogen-bond acceptors (Lipinski definition) is 0. The van der Waals surface area contributed by atoms with Crippen molar-refractivity contribution in [3.8, 4) is 0 Å². The summed E-state index contributed by atoms with van der Waals surface area (Å²) in [5, 5.41) is 0. The average Bonchev–Trinajstić information content (AvgIpc) is 2.13. The van der Waals surface area contributed by atoms with Crippen molar-refractivity contribution >= 4 is 13.0 Å². The monoisotopic (exact) mass is 198 g/mol. The minimum Gasteiger partial charge on any atom is -0.334 e. The van der Waals surface area contributed by atoms with E-state index in [0.29, 0.717) is 0 Å². The van der Waals surface area contributed by atoms with Crippen LogP contribution in [0.5, 0.6) is 0 Å². The Hall–Kier alpha value is -1.14. The second-order valence-corrected chi connectivity index (χ2v) is 2.18. The van der Waals surface area contributed by atoms with Crippen LogP contribution in [0.3, 0.4) is 0 Å². The summed E-state index contributed by atoms with van der Waals surface area (Å²) in [6, 6.07) is 0. The largest absolute Gasteiger partial charge is 0.370 e. The van der Waals surface area contributed by atoms with Crippen molar-refractivity contribution in [1.29, 1.82) is 0 Å². The quantitative estimate of drug-likeness (QED) is 0.276. The molecule has 0 spiro atoms. The van der Waals surface area contributed by atoms with Crippen molar-refractivity contribution in [1.82, 2.24) is 0 Å². The first-order valence-corrected chi connectivity index (χ1v) is 3.07. The molecule has 0 unspecified atom stereocenters. The first kappa shape index (κ1) is 9.95. The van der Waals surface area contributed by atoms with Gasteiger partial charge in [-0.1, -0.05) is 0 Å². The van der Waals surface area contributed by atoms with Crippen LogP contribution in [0.2, 0.25) is 0 Å². The highest BCUT2D eigenvalue weighted by Crippen LogP contribution is 2.15. The zero-order valence-corrected chi connectivity index (χ0v) is 5.97. The average molecular weight is 198 g/mol. The maximum atomic E-state index is 12.4. The van der Waals surface area contributed by atoms with Gasteiger partial charge in [0.25, 0.3) is 0 Å². The lowest BCUT2D eigenvalue weighted by Gasteiger charge is -2.03. The van der Waals surface area contributed by atoms with Gasteiger partial charge in [0, 0.05) is 5.46 Å². The predicted octanol–water partition coefficient (Wildman–Crippen LogP) is 1.33. The summed E-state index contributed by atoms with van der Waals surface area (Å²) < 4.78 is 73.5. The van der Waals surface area contributed by atoms with Crippen molar-refractivity contribution < 1.29 is 26.3 Å². The van der Waals surface area contributed by atoms with E-state index in [9.17, 15) is 26.3 Å². The van der Waals surface area contributed by atoms with Gasteiger partial charge in [0.2, 0.25) is 0 Å². The van der Waals surface area contributed by atoms with Crippen LogP contribution in [-0.2, 0) is 0 Å². The summed E-state index contributed by atoms with van der Waals surface area (Å²) in [5.74, 6) is -10.8. The van der Waals surface area contributed by atoms with E-state index in [2.05, 4.69) is 0 Å². The van der Waals surface area contributed by atoms with Gasteiger partial charge in [0.05, 0.1) is 0 Å². The third-order valence-electron chi connectivity index (χ3n) is 1.43. The molecule has 0 atom stereocenters. The summed E-state index contributed by atoms with van der Waals surface area (Å²) in [6.07, 6.45) is 0. The molecule has 1 aromatic rings. The maximum Gasteiger partial charge on any atom is 0.370 e. The summed E-state index contributed by atoms with van der Waals surface area (Å²) in [5.41, 5.74) is -1.45. The molecule has 0 N–H and O–H groups in total. The second-order valence-electron chi connectivity index (χ2n) is 2.18. The molecule has 1 rings (SSSR count). The van der Waals surface area contributed by atoms with E-state index in [4.69, 9.17) is 0 Å². The smallest absolute Gasteiger partial charge is 0.334 e. The Balaban J connectivity index is 3.56. The molecular formula is C6HBF6. The molecule has 0 saturated heterocycles. The van der Waals surface area contributed by atoms with E-state index in [1.54, 1.807) is 0 Å². The maximum absolute atomic E-state index is 12.4. The fourth-order valence-corrected chi connectivity index (χ4v) is 0.768. The van der Waals surface area contributed by atoms with Gasteiger partial charge in [-0.3, -0.25) is 0 Å². The fraction of sp³-hybridized carbons (Fsp3) is 0. The molecular weight excluding hydrogens is 197 g/mol. The normalized spacial score (nSPS) is 10.3. The summed E-state index contributed by atoms with van der Waals surface area (Å²) in [7, 11) is -1.74. The Kier molecular flexibility index (Phi) is 2.54. The Morgan fingerprint density at radius 3 is 1.23 bits per heavy atom. The lowest BCUT2D eigenvalue weighted by molar-refractivity contribution is 0.383. The zero-order chi connectivity index (χ0) is 10.2. The van der Waals surface area contributed by atoms with Gasteiger partial charge < -0.3 is 4.32 Å². The molecule has 7 heteroatoms. The number of hydrogen-bond donors (Lipinski definition) is 0. The molecule has 0 amide bonds. The Labute approximate surface area is 69.5 Å². The lowest BCUT2D eigenvalue weighted by Crippen LogP contribution is -2.24. The van der Waals surface area contributed by atoms with Gasteiger partial charge in [-0.15, -0.1) is 0 Å². The van der Waals surface area contributed by atoms with Gasteiger partial charge in [-0.2, -0.15) is 0 Å². The highest BCUT2D eigenvalue weighted by Gasteiger charge is 2.25.